The molecule has 9 heteroatoms. The van der Waals surface area contributed by atoms with Gasteiger partial charge in [-0.15, -0.1) is 0 Å². The van der Waals surface area contributed by atoms with Gasteiger partial charge in [-0.2, -0.15) is 0 Å². The Morgan fingerprint density at radius 2 is 2.29 bits per heavy atom. The summed E-state index contributed by atoms with van der Waals surface area (Å²) in [6.45, 7) is 0.568. The van der Waals surface area contributed by atoms with E-state index in [4.69, 9.17) is 15.6 Å². The summed E-state index contributed by atoms with van der Waals surface area (Å²) in [5.74, 6) is -1.53. The van der Waals surface area contributed by atoms with E-state index in [1.807, 2.05) is 4.57 Å². The minimum Gasteiger partial charge on any atom is -0.481 e. The van der Waals surface area contributed by atoms with Gasteiger partial charge in [0.2, 0.25) is 5.91 Å². The number of aromatic nitrogens is 3. The molecule has 2 rings (SSSR count). The van der Waals surface area contributed by atoms with Crippen molar-refractivity contribution in [3.63, 3.8) is 0 Å². The number of carboxylic acids is 1. The van der Waals surface area contributed by atoms with Crippen LogP contribution in [0.1, 0.15) is 0 Å². The summed E-state index contributed by atoms with van der Waals surface area (Å²) >= 11 is 1.12. The van der Waals surface area contributed by atoms with Gasteiger partial charge in [-0.3, -0.25) is 14.6 Å². The first-order valence-corrected chi connectivity index (χ1v) is 7.07. The predicted octanol–water partition coefficient (Wildman–Crippen LogP) is 0.110. The number of primary amides is 1. The Balaban J connectivity index is 2.15. The van der Waals surface area contributed by atoms with Gasteiger partial charge in [0, 0.05) is 12.7 Å². The largest absolute Gasteiger partial charge is 0.481 e. The van der Waals surface area contributed by atoms with Gasteiger partial charge in [-0.05, 0) is 6.07 Å². The molecule has 21 heavy (non-hydrogen) atoms. The zero-order valence-corrected chi connectivity index (χ0v) is 11.9. The van der Waals surface area contributed by atoms with Crippen molar-refractivity contribution in [1.82, 2.24) is 14.5 Å². The molecule has 0 unspecified atom stereocenters. The molecule has 0 saturated carbocycles. The molecule has 0 radical (unpaired) electrons. The van der Waals surface area contributed by atoms with Crippen molar-refractivity contribution in [1.29, 1.82) is 0 Å². The molecule has 0 fully saturated rings. The second kappa shape index (κ2) is 7.04. The molecule has 2 heterocycles. The van der Waals surface area contributed by atoms with Crippen LogP contribution in [0.15, 0.2) is 23.6 Å². The fourth-order valence-electron chi connectivity index (χ4n) is 1.74. The number of carbonyl (C=O) groups excluding carboxylic acids is 1. The molecule has 2 aromatic heterocycles. The van der Waals surface area contributed by atoms with Crippen LogP contribution in [0.3, 0.4) is 0 Å². The summed E-state index contributed by atoms with van der Waals surface area (Å²) in [5, 5.41) is 9.34. The summed E-state index contributed by atoms with van der Waals surface area (Å²) in [6, 6.07) is 1.79. The van der Waals surface area contributed by atoms with Gasteiger partial charge >= 0.3 is 5.97 Å². The first kappa shape index (κ1) is 15.3. The number of nitrogens with two attached hydrogens (primary N) is 1. The lowest BCUT2D eigenvalue weighted by Crippen LogP contribution is -2.19. The Morgan fingerprint density at radius 1 is 1.48 bits per heavy atom. The zero-order valence-electron chi connectivity index (χ0n) is 11.1. The number of aliphatic carboxylic acids is 1. The summed E-state index contributed by atoms with van der Waals surface area (Å²) < 4.78 is 6.97. The highest BCUT2D eigenvalue weighted by atomic mass is 32.2. The number of fused-ring (bicyclic) bond motifs is 1. The van der Waals surface area contributed by atoms with E-state index in [0.29, 0.717) is 17.2 Å². The first-order chi connectivity index (χ1) is 10.1. The lowest BCUT2D eigenvalue weighted by atomic mass is 10.4. The molecule has 0 spiro atoms. The molecule has 8 nitrogen and oxygen atoms in total. The topological polar surface area (TPSA) is 120 Å². The van der Waals surface area contributed by atoms with Gasteiger partial charge in [0.15, 0.2) is 5.16 Å². The normalized spacial score (nSPS) is 10.9. The molecule has 0 saturated heterocycles. The molecule has 3 N–H and O–H groups in total. The number of ether oxygens (including phenoxy) is 1. The van der Waals surface area contributed by atoms with Crippen molar-refractivity contribution in [2.45, 2.75) is 11.7 Å². The van der Waals surface area contributed by atoms with Crippen molar-refractivity contribution in [2.24, 2.45) is 5.73 Å². The molecule has 0 bridgehead atoms. The number of pyridine rings is 1. The van der Waals surface area contributed by atoms with Crippen LogP contribution < -0.4 is 5.73 Å². The second-order valence-corrected chi connectivity index (χ2v) is 5.05. The Morgan fingerprint density at radius 3 is 3.00 bits per heavy atom. The number of carbonyl (C=O) groups is 2. The van der Waals surface area contributed by atoms with Crippen LogP contribution in [0.5, 0.6) is 0 Å². The third-order valence-electron chi connectivity index (χ3n) is 2.54. The maximum Gasteiger partial charge on any atom is 0.313 e. The van der Waals surface area contributed by atoms with E-state index >= 15 is 0 Å². The second-order valence-electron chi connectivity index (χ2n) is 4.11. The maximum absolute atomic E-state index is 10.7. The van der Waals surface area contributed by atoms with E-state index in [0.717, 1.165) is 17.3 Å². The van der Waals surface area contributed by atoms with Gasteiger partial charge < -0.3 is 20.1 Å². The van der Waals surface area contributed by atoms with Gasteiger partial charge in [-0.1, -0.05) is 11.8 Å². The molecule has 112 valence electrons. The summed E-state index contributed by atoms with van der Waals surface area (Å²) in [5.41, 5.74) is 6.51. The lowest BCUT2D eigenvalue weighted by Gasteiger charge is -2.08. The Hall–Kier alpha value is -2.13. The molecular weight excluding hydrogens is 296 g/mol. The summed E-state index contributed by atoms with van der Waals surface area (Å²) in [6.07, 6.45) is 3.25. The number of imidazole rings is 1. The van der Waals surface area contributed by atoms with Gasteiger partial charge in [0.25, 0.3) is 0 Å². The van der Waals surface area contributed by atoms with E-state index in [1.54, 1.807) is 18.5 Å². The van der Waals surface area contributed by atoms with Crippen LogP contribution >= 0.6 is 11.8 Å². The van der Waals surface area contributed by atoms with Crippen molar-refractivity contribution in [2.75, 3.05) is 19.0 Å². The number of hydrogen-bond donors (Lipinski definition) is 2. The van der Waals surface area contributed by atoms with Gasteiger partial charge in [0.1, 0.15) is 12.1 Å². The van der Waals surface area contributed by atoms with E-state index in [2.05, 4.69) is 9.97 Å². The quantitative estimate of drug-likeness (QED) is 0.524. The highest BCUT2D eigenvalue weighted by Gasteiger charge is 2.12. The number of hydrogen-bond acceptors (Lipinski definition) is 6. The minimum absolute atomic E-state index is 0.0844. The summed E-state index contributed by atoms with van der Waals surface area (Å²) in [7, 11) is 0. The molecule has 0 aromatic carbocycles. The van der Waals surface area contributed by atoms with E-state index in [1.165, 1.54) is 0 Å². The SMILES string of the molecule is NC(=O)COCCn1c(SCC(=O)O)nc2cnccc21. The monoisotopic (exact) mass is 310 g/mol. The molecular formula is C12H14N4O4S. The van der Waals surface area contributed by atoms with Crippen molar-refractivity contribution >= 4 is 34.7 Å². The molecule has 0 aliphatic heterocycles. The molecule has 1 amide bonds. The van der Waals surface area contributed by atoms with E-state index in [-0.39, 0.29) is 19.0 Å². The van der Waals surface area contributed by atoms with Crippen LogP contribution in [-0.2, 0) is 20.9 Å². The van der Waals surface area contributed by atoms with Crippen LogP contribution in [0, 0.1) is 0 Å². The number of amides is 1. The van der Waals surface area contributed by atoms with Crippen LogP contribution in [0.25, 0.3) is 11.0 Å². The number of thioether (sulfide) groups is 1. The average Bonchev–Trinajstić information content (AvgIpc) is 2.79. The zero-order chi connectivity index (χ0) is 15.2. The number of carboxylic acid groups (broad SMARTS) is 1. The highest BCUT2D eigenvalue weighted by molar-refractivity contribution is 7.99. The Labute approximate surface area is 124 Å². The maximum atomic E-state index is 10.7. The van der Waals surface area contributed by atoms with Gasteiger partial charge in [-0.25, -0.2) is 4.98 Å². The minimum atomic E-state index is -0.915. The molecule has 0 aliphatic rings. The van der Waals surface area contributed by atoms with E-state index in [9.17, 15) is 9.59 Å². The fraction of sp³-hybridized carbons (Fsp3) is 0.333. The third kappa shape index (κ3) is 4.17. The van der Waals surface area contributed by atoms with Crippen molar-refractivity contribution < 1.29 is 19.4 Å². The lowest BCUT2D eigenvalue weighted by molar-refractivity contribution is -0.134. The van der Waals surface area contributed by atoms with Crippen molar-refractivity contribution in [3.05, 3.63) is 18.5 Å². The molecule has 0 aliphatic carbocycles. The van der Waals surface area contributed by atoms with Gasteiger partial charge in [0.05, 0.1) is 24.1 Å². The van der Waals surface area contributed by atoms with Crippen LogP contribution in [-0.4, -0.2) is 50.5 Å². The first-order valence-electron chi connectivity index (χ1n) is 6.09. The Kier molecular flexibility index (Phi) is 5.12. The van der Waals surface area contributed by atoms with E-state index < -0.39 is 11.9 Å². The molecule has 0 atom stereocenters. The molecule has 2 aromatic rings. The highest BCUT2D eigenvalue weighted by Crippen LogP contribution is 2.23. The third-order valence-corrected chi connectivity index (χ3v) is 3.50. The predicted molar refractivity (Wildman–Crippen MR) is 75.9 cm³/mol. The van der Waals surface area contributed by atoms with Crippen LogP contribution in [0.2, 0.25) is 0 Å². The number of nitrogens with zero attached hydrogens (tertiary/aromatic N) is 3. The standard InChI is InChI=1S/C12H14N4O4S/c13-10(17)6-20-4-3-16-9-1-2-14-5-8(9)15-12(16)21-7-11(18)19/h1-2,5H,3-4,6-7H2,(H2,13,17)(H,18,19). The summed E-state index contributed by atoms with van der Waals surface area (Å²) in [4.78, 5) is 29.6. The average molecular weight is 310 g/mol. The van der Waals surface area contributed by atoms with Crippen molar-refractivity contribution in [3.8, 4) is 0 Å². The Bertz CT molecular complexity index is 658. The van der Waals surface area contributed by atoms with Crippen LogP contribution in [0.4, 0.5) is 0 Å². The smallest absolute Gasteiger partial charge is 0.313 e. The fourth-order valence-corrected chi connectivity index (χ4v) is 2.50. The number of rotatable bonds is 8.